The Morgan fingerprint density at radius 1 is 1.11 bits per heavy atom. The van der Waals surface area contributed by atoms with Gasteiger partial charge in [0.15, 0.2) is 0 Å². The van der Waals surface area contributed by atoms with E-state index in [1.54, 1.807) is 0 Å². The molecule has 0 aliphatic carbocycles. The first-order valence-corrected chi connectivity index (χ1v) is 7.78. The molecule has 0 bridgehead atoms. The summed E-state index contributed by atoms with van der Waals surface area (Å²) in [6.45, 7) is 16.4. The van der Waals surface area contributed by atoms with E-state index in [0.717, 1.165) is 19.8 Å². The molecule has 0 radical (unpaired) electrons. The average molecular weight is 271 g/mol. The number of hydrogen-bond donors (Lipinski definition) is 1. The molecule has 1 rings (SSSR count). The second-order valence-corrected chi connectivity index (χ2v) is 6.12. The van der Waals surface area contributed by atoms with E-state index in [4.69, 9.17) is 4.74 Å². The molecule has 0 aromatic heterocycles. The first-order valence-electron chi connectivity index (χ1n) is 7.78. The van der Waals surface area contributed by atoms with Crippen molar-refractivity contribution in [1.82, 2.24) is 15.1 Å². The highest BCUT2D eigenvalue weighted by molar-refractivity contribution is 4.82. The second kappa shape index (κ2) is 8.90. The molecule has 2 atom stereocenters. The third-order valence-electron chi connectivity index (χ3n) is 4.02. The molecular formula is C15H33N3O. The Balaban J connectivity index is 2.36. The zero-order valence-electron chi connectivity index (χ0n) is 13.5. The molecule has 1 aliphatic heterocycles. The monoisotopic (exact) mass is 271 g/mol. The van der Waals surface area contributed by atoms with E-state index in [0.29, 0.717) is 18.0 Å². The molecule has 19 heavy (non-hydrogen) atoms. The highest BCUT2D eigenvalue weighted by Gasteiger charge is 2.24. The van der Waals surface area contributed by atoms with Gasteiger partial charge in [-0.1, -0.05) is 13.8 Å². The van der Waals surface area contributed by atoms with Gasteiger partial charge in [0.1, 0.15) is 0 Å². The number of rotatable bonds is 8. The van der Waals surface area contributed by atoms with Crippen molar-refractivity contribution in [3.63, 3.8) is 0 Å². The molecule has 0 aromatic carbocycles. The summed E-state index contributed by atoms with van der Waals surface area (Å²) in [5.41, 5.74) is 0. The van der Waals surface area contributed by atoms with Crippen molar-refractivity contribution in [2.75, 3.05) is 53.0 Å². The summed E-state index contributed by atoms with van der Waals surface area (Å²) in [4.78, 5) is 5.06. The van der Waals surface area contributed by atoms with Gasteiger partial charge in [0.25, 0.3) is 0 Å². The fraction of sp³-hybridized carbons (Fsp3) is 1.00. The van der Waals surface area contributed by atoms with Crippen LogP contribution < -0.4 is 5.32 Å². The van der Waals surface area contributed by atoms with E-state index in [9.17, 15) is 0 Å². The number of piperazine rings is 1. The summed E-state index contributed by atoms with van der Waals surface area (Å²) in [6.07, 6.45) is 0. The quantitative estimate of drug-likeness (QED) is 0.719. The van der Waals surface area contributed by atoms with Crippen molar-refractivity contribution in [2.24, 2.45) is 5.92 Å². The molecule has 0 saturated carbocycles. The first-order chi connectivity index (χ1) is 9.04. The highest BCUT2D eigenvalue weighted by atomic mass is 16.5. The summed E-state index contributed by atoms with van der Waals surface area (Å²) < 4.78 is 5.46. The zero-order chi connectivity index (χ0) is 14.3. The van der Waals surface area contributed by atoms with Gasteiger partial charge in [-0.3, -0.25) is 4.90 Å². The highest BCUT2D eigenvalue weighted by Crippen LogP contribution is 2.13. The predicted octanol–water partition coefficient (Wildman–Crippen LogP) is 1.27. The fourth-order valence-corrected chi connectivity index (χ4v) is 2.62. The molecule has 4 nitrogen and oxygen atoms in total. The van der Waals surface area contributed by atoms with E-state index >= 15 is 0 Å². The van der Waals surface area contributed by atoms with Crippen LogP contribution in [0.4, 0.5) is 0 Å². The molecule has 2 unspecified atom stereocenters. The van der Waals surface area contributed by atoms with Crippen molar-refractivity contribution < 1.29 is 4.74 Å². The molecule has 0 aromatic rings. The lowest BCUT2D eigenvalue weighted by Crippen LogP contribution is -2.54. The van der Waals surface area contributed by atoms with Crippen LogP contribution in [-0.2, 0) is 4.74 Å². The van der Waals surface area contributed by atoms with E-state index in [1.807, 2.05) is 6.92 Å². The van der Waals surface area contributed by atoms with Gasteiger partial charge >= 0.3 is 0 Å². The summed E-state index contributed by atoms with van der Waals surface area (Å²) in [6, 6.07) is 1.08. The molecule has 1 fully saturated rings. The Labute approximate surface area is 119 Å². The molecular weight excluding hydrogens is 238 g/mol. The lowest BCUT2D eigenvalue weighted by molar-refractivity contribution is 0.0799. The Bertz CT molecular complexity index is 227. The van der Waals surface area contributed by atoms with Gasteiger partial charge in [0.05, 0.1) is 6.61 Å². The fourth-order valence-electron chi connectivity index (χ4n) is 2.62. The van der Waals surface area contributed by atoms with Crippen molar-refractivity contribution in [3.05, 3.63) is 0 Å². The maximum atomic E-state index is 5.46. The lowest BCUT2D eigenvalue weighted by atomic mass is 10.0. The molecule has 1 N–H and O–H groups in total. The predicted molar refractivity (Wildman–Crippen MR) is 81.7 cm³/mol. The summed E-state index contributed by atoms with van der Waals surface area (Å²) >= 11 is 0. The lowest BCUT2D eigenvalue weighted by Gasteiger charge is -2.40. The minimum atomic E-state index is 0.439. The third kappa shape index (κ3) is 6.21. The molecule has 1 heterocycles. The Morgan fingerprint density at radius 2 is 1.74 bits per heavy atom. The smallest absolute Gasteiger partial charge is 0.0616 e. The largest absolute Gasteiger partial charge is 0.380 e. The first kappa shape index (κ1) is 16.9. The summed E-state index contributed by atoms with van der Waals surface area (Å²) in [7, 11) is 2.21. The topological polar surface area (TPSA) is 27.7 Å². The average Bonchev–Trinajstić information content (AvgIpc) is 2.38. The van der Waals surface area contributed by atoms with Gasteiger partial charge in [-0.2, -0.15) is 0 Å². The standard InChI is InChI=1S/C15H33N3O/c1-6-19-12-14(4)16-11-15(13(2)3)18-9-7-17(5)8-10-18/h13-16H,6-12H2,1-5H3. The Kier molecular flexibility index (Phi) is 7.91. The van der Waals surface area contributed by atoms with Crippen LogP contribution in [0.5, 0.6) is 0 Å². The van der Waals surface area contributed by atoms with Gasteiger partial charge in [-0.05, 0) is 26.8 Å². The maximum Gasteiger partial charge on any atom is 0.0616 e. The normalized spacial score (nSPS) is 21.8. The van der Waals surface area contributed by atoms with E-state index in [-0.39, 0.29) is 0 Å². The van der Waals surface area contributed by atoms with Crippen LogP contribution in [0.15, 0.2) is 0 Å². The summed E-state index contributed by atoms with van der Waals surface area (Å²) in [5, 5.41) is 3.63. The molecule has 1 aliphatic rings. The molecule has 1 saturated heterocycles. The zero-order valence-corrected chi connectivity index (χ0v) is 13.5. The number of ether oxygens (including phenoxy) is 1. The molecule has 0 amide bonds. The van der Waals surface area contributed by atoms with Gasteiger partial charge < -0.3 is 15.0 Å². The maximum absolute atomic E-state index is 5.46. The second-order valence-electron chi connectivity index (χ2n) is 6.12. The molecule has 0 spiro atoms. The third-order valence-corrected chi connectivity index (χ3v) is 4.02. The van der Waals surface area contributed by atoms with Crippen molar-refractivity contribution in [2.45, 2.75) is 39.8 Å². The van der Waals surface area contributed by atoms with Gasteiger partial charge in [0, 0.05) is 51.4 Å². The van der Waals surface area contributed by atoms with Crippen molar-refractivity contribution >= 4 is 0 Å². The minimum absolute atomic E-state index is 0.439. The van der Waals surface area contributed by atoms with Crippen LogP contribution in [0.25, 0.3) is 0 Å². The molecule has 114 valence electrons. The van der Waals surface area contributed by atoms with Crippen LogP contribution in [-0.4, -0.2) is 74.9 Å². The van der Waals surface area contributed by atoms with Crippen LogP contribution in [0, 0.1) is 5.92 Å². The van der Waals surface area contributed by atoms with Crippen molar-refractivity contribution in [3.8, 4) is 0 Å². The van der Waals surface area contributed by atoms with Crippen LogP contribution in [0.2, 0.25) is 0 Å². The van der Waals surface area contributed by atoms with Crippen molar-refractivity contribution in [1.29, 1.82) is 0 Å². The molecule has 4 heteroatoms. The van der Waals surface area contributed by atoms with E-state index in [2.05, 4.69) is 42.9 Å². The van der Waals surface area contributed by atoms with Crippen LogP contribution in [0.3, 0.4) is 0 Å². The van der Waals surface area contributed by atoms with Crippen LogP contribution >= 0.6 is 0 Å². The number of nitrogens with zero attached hydrogens (tertiary/aromatic N) is 2. The van der Waals surface area contributed by atoms with Gasteiger partial charge in [-0.25, -0.2) is 0 Å². The number of likely N-dealkylation sites (N-methyl/N-ethyl adjacent to an activating group) is 1. The number of nitrogens with one attached hydrogen (secondary N) is 1. The van der Waals surface area contributed by atoms with E-state index in [1.165, 1.54) is 26.2 Å². The van der Waals surface area contributed by atoms with E-state index < -0.39 is 0 Å². The Morgan fingerprint density at radius 3 is 2.26 bits per heavy atom. The van der Waals surface area contributed by atoms with Gasteiger partial charge in [0.2, 0.25) is 0 Å². The number of hydrogen-bond acceptors (Lipinski definition) is 4. The van der Waals surface area contributed by atoms with Gasteiger partial charge in [-0.15, -0.1) is 0 Å². The SMILES string of the molecule is CCOCC(C)NCC(C(C)C)N1CCN(C)CC1. The summed E-state index contributed by atoms with van der Waals surface area (Å²) in [5.74, 6) is 0.690. The van der Waals surface area contributed by atoms with Crippen LogP contribution in [0.1, 0.15) is 27.7 Å². The Hall–Kier alpha value is -0.160. The minimum Gasteiger partial charge on any atom is -0.380 e.